The minimum Gasteiger partial charge on any atom is -0.329 e. The molecule has 1 rings (SSSR count). The standard InChI is InChI=1S/C12H18F2N2O2S.ClH/c1-2-3-4-11(8-15)16-19(17,18)12-6-9(13)5-10(14)7-12;/h5-7,11,16H,2-4,8,15H2,1H3;1H. The second-order valence-electron chi connectivity index (χ2n) is 4.30. The molecule has 0 aliphatic heterocycles. The number of unbranched alkanes of at least 4 members (excludes halogenated alkanes) is 1. The zero-order valence-corrected chi connectivity index (χ0v) is 12.7. The van der Waals surface area contributed by atoms with E-state index in [0.29, 0.717) is 12.5 Å². The predicted molar refractivity (Wildman–Crippen MR) is 76.3 cm³/mol. The first-order chi connectivity index (χ1) is 8.89. The molecule has 1 aromatic rings. The van der Waals surface area contributed by atoms with E-state index in [9.17, 15) is 17.2 Å². The van der Waals surface area contributed by atoms with Crippen molar-refractivity contribution >= 4 is 22.4 Å². The summed E-state index contributed by atoms with van der Waals surface area (Å²) in [4.78, 5) is -0.431. The maximum atomic E-state index is 13.0. The summed E-state index contributed by atoms with van der Waals surface area (Å²) in [6, 6.07) is 1.74. The Bertz CT molecular complexity index is 506. The number of hydrogen-bond acceptors (Lipinski definition) is 3. The van der Waals surface area contributed by atoms with Crippen LogP contribution < -0.4 is 10.5 Å². The average molecular weight is 329 g/mol. The van der Waals surface area contributed by atoms with Gasteiger partial charge in [0.05, 0.1) is 4.90 Å². The highest BCUT2D eigenvalue weighted by Crippen LogP contribution is 2.14. The van der Waals surface area contributed by atoms with E-state index in [1.807, 2.05) is 6.92 Å². The van der Waals surface area contributed by atoms with Gasteiger partial charge in [0, 0.05) is 18.7 Å². The van der Waals surface area contributed by atoms with E-state index in [-0.39, 0.29) is 19.0 Å². The predicted octanol–water partition coefficient (Wildman–Crippen LogP) is 2.18. The molecular formula is C12H19ClF2N2O2S. The third-order valence-corrected chi connectivity index (χ3v) is 4.16. The third kappa shape index (κ3) is 5.70. The van der Waals surface area contributed by atoms with Crippen LogP contribution >= 0.6 is 12.4 Å². The zero-order chi connectivity index (χ0) is 14.5. The minimum atomic E-state index is -3.96. The second-order valence-corrected chi connectivity index (χ2v) is 6.02. The lowest BCUT2D eigenvalue weighted by Gasteiger charge is -2.16. The smallest absolute Gasteiger partial charge is 0.241 e. The Labute approximate surface area is 124 Å². The number of benzene rings is 1. The van der Waals surface area contributed by atoms with E-state index in [1.165, 1.54) is 0 Å². The number of hydrogen-bond donors (Lipinski definition) is 2. The fourth-order valence-corrected chi connectivity index (χ4v) is 2.97. The first kappa shape index (κ1) is 19.2. The molecule has 0 aliphatic rings. The van der Waals surface area contributed by atoms with Gasteiger partial charge in [0.15, 0.2) is 0 Å². The lowest BCUT2D eigenvalue weighted by atomic mass is 10.1. The molecule has 1 aromatic carbocycles. The summed E-state index contributed by atoms with van der Waals surface area (Å²) < 4.78 is 52.3. The Morgan fingerprint density at radius 2 is 1.80 bits per heavy atom. The van der Waals surface area contributed by atoms with Gasteiger partial charge in [0.2, 0.25) is 10.0 Å². The molecule has 1 atom stereocenters. The van der Waals surface area contributed by atoms with E-state index >= 15 is 0 Å². The van der Waals surface area contributed by atoms with Gasteiger partial charge in [-0.15, -0.1) is 12.4 Å². The summed E-state index contributed by atoms with van der Waals surface area (Å²) in [6.45, 7) is 2.11. The number of sulfonamides is 1. The van der Waals surface area contributed by atoms with Gasteiger partial charge >= 0.3 is 0 Å². The van der Waals surface area contributed by atoms with Crippen LogP contribution in [0.15, 0.2) is 23.1 Å². The van der Waals surface area contributed by atoms with Crippen LogP contribution in [0, 0.1) is 11.6 Å². The van der Waals surface area contributed by atoms with Gasteiger partial charge in [0.1, 0.15) is 11.6 Å². The van der Waals surface area contributed by atoms with Crippen molar-refractivity contribution in [1.29, 1.82) is 0 Å². The quantitative estimate of drug-likeness (QED) is 0.806. The maximum absolute atomic E-state index is 13.0. The molecule has 0 radical (unpaired) electrons. The van der Waals surface area contributed by atoms with Gasteiger partial charge in [-0.2, -0.15) is 0 Å². The molecule has 0 aromatic heterocycles. The summed E-state index contributed by atoms with van der Waals surface area (Å²) in [5, 5.41) is 0. The van der Waals surface area contributed by atoms with Crippen molar-refractivity contribution in [3.63, 3.8) is 0 Å². The van der Waals surface area contributed by atoms with E-state index in [0.717, 1.165) is 25.0 Å². The van der Waals surface area contributed by atoms with Crippen LogP contribution in [0.3, 0.4) is 0 Å². The molecule has 3 N–H and O–H groups in total. The van der Waals surface area contributed by atoms with Crippen LogP contribution in [-0.2, 0) is 10.0 Å². The molecule has 0 saturated carbocycles. The van der Waals surface area contributed by atoms with E-state index in [2.05, 4.69) is 4.72 Å². The van der Waals surface area contributed by atoms with Gasteiger partial charge < -0.3 is 5.73 Å². The van der Waals surface area contributed by atoms with Crippen LogP contribution in [0.2, 0.25) is 0 Å². The van der Waals surface area contributed by atoms with E-state index in [1.54, 1.807) is 0 Å². The zero-order valence-electron chi connectivity index (χ0n) is 11.1. The number of halogens is 3. The van der Waals surface area contributed by atoms with Crippen molar-refractivity contribution in [2.75, 3.05) is 6.54 Å². The maximum Gasteiger partial charge on any atom is 0.241 e. The summed E-state index contributed by atoms with van der Waals surface area (Å²) in [5.74, 6) is -1.86. The number of rotatable bonds is 7. The van der Waals surface area contributed by atoms with Crippen molar-refractivity contribution in [2.45, 2.75) is 37.1 Å². The molecule has 116 valence electrons. The normalized spacial score (nSPS) is 12.8. The highest BCUT2D eigenvalue weighted by Gasteiger charge is 2.20. The molecule has 0 spiro atoms. The van der Waals surface area contributed by atoms with Crippen LogP contribution in [-0.4, -0.2) is 21.0 Å². The van der Waals surface area contributed by atoms with Gasteiger partial charge in [0.25, 0.3) is 0 Å². The lowest BCUT2D eigenvalue weighted by molar-refractivity contribution is 0.513. The van der Waals surface area contributed by atoms with Crippen LogP contribution in [0.1, 0.15) is 26.2 Å². The Morgan fingerprint density at radius 3 is 2.25 bits per heavy atom. The molecular weight excluding hydrogens is 310 g/mol. The largest absolute Gasteiger partial charge is 0.329 e. The van der Waals surface area contributed by atoms with Gasteiger partial charge in [-0.25, -0.2) is 21.9 Å². The van der Waals surface area contributed by atoms with Crippen molar-refractivity contribution in [3.05, 3.63) is 29.8 Å². The SMILES string of the molecule is CCCCC(CN)NS(=O)(=O)c1cc(F)cc(F)c1.Cl. The first-order valence-electron chi connectivity index (χ1n) is 6.07. The van der Waals surface area contributed by atoms with Crippen molar-refractivity contribution in [3.8, 4) is 0 Å². The Balaban J connectivity index is 0.00000361. The topological polar surface area (TPSA) is 72.2 Å². The fraction of sp³-hybridized carbons (Fsp3) is 0.500. The minimum absolute atomic E-state index is 0. The molecule has 1 unspecified atom stereocenters. The van der Waals surface area contributed by atoms with Crippen molar-refractivity contribution < 1.29 is 17.2 Å². The second kappa shape index (κ2) is 8.51. The molecule has 8 heteroatoms. The summed E-state index contributed by atoms with van der Waals surface area (Å²) in [6.07, 6.45) is 2.32. The Morgan fingerprint density at radius 1 is 1.25 bits per heavy atom. The fourth-order valence-electron chi connectivity index (χ4n) is 1.65. The van der Waals surface area contributed by atoms with Gasteiger partial charge in [-0.1, -0.05) is 19.8 Å². The molecule has 0 amide bonds. The van der Waals surface area contributed by atoms with Crippen LogP contribution in [0.25, 0.3) is 0 Å². The average Bonchev–Trinajstić information content (AvgIpc) is 2.33. The third-order valence-electron chi connectivity index (χ3n) is 2.66. The van der Waals surface area contributed by atoms with E-state index in [4.69, 9.17) is 5.73 Å². The summed E-state index contributed by atoms with van der Waals surface area (Å²) in [5.41, 5.74) is 5.48. The highest BCUT2D eigenvalue weighted by molar-refractivity contribution is 7.89. The first-order valence-corrected chi connectivity index (χ1v) is 7.56. The molecule has 20 heavy (non-hydrogen) atoms. The van der Waals surface area contributed by atoms with E-state index < -0.39 is 32.6 Å². The molecule has 0 bridgehead atoms. The molecule has 0 saturated heterocycles. The molecule has 0 heterocycles. The number of nitrogens with two attached hydrogens (primary N) is 1. The lowest BCUT2D eigenvalue weighted by Crippen LogP contribution is -2.40. The molecule has 4 nitrogen and oxygen atoms in total. The Kier molecular flexibility index (Phi) is 8.19. The van der Waals surface area contributed by atoms with Crippen molar-refractivity contribution in [1.82, 2.24) is 4.72 Å². The monoisotopic (exact) mass is 328 g/mol. The summed E-state index contributed by atoms with van der Waals surface area (Å²) >= 11 is 0. The molecule has 0 fully saturated rings. The summed E-state index contributed by atoms with van der Waals surface area (Å²) in [7, 11) is -3.96. The van der Waals surface area contributed by atoms with Gasteiger partial charge in [-0.05, 0) is 18.6 Å². The Hall–Kier alpha value is -0.760. The van der Waals surface area contributed by atoms with Crippen LogP contribution in [0.4, 0.5) is 8.78 Å². The van der Waals surface area contributed by atoms with Gasteiger partial charge in [-0.3, -0.25) is 0 Å². The highest BCUT2D eigenvalue weighted by atomic mass is 35.5. The van der Waals surface area contributed by atoms with Crippen molar-refractivity contribution in [2.24, 2.45) is 5.73 Å². The van der Waals surface area contributed by atoms with Crippen LogP contribution in [0.5, 0.6) is 0 Å². The number of nitrogens with one attached hydrogen (secondary N) is 1. The molecule has 0 aliphatic carbocycles.